The third kappa shape index (κ3) is 5.58. The Morgan fingerprint density at radius 1 is 1.27 bits per heavy atom. The second kappa shape index (κ2) is 9.05. The molecule has 2 amide bonds. The highest BCUT2D eigenvalue weighted by Gasteiger charge is 2.40. The van der Waals surface area contributed by atoms with Crippen molar-refractivity contribution in [1.29, 1.82) is 5.26 Å². The highest BCUT2D eigenvalue weighted by atomic mass is 16.6. The predicted octanol–water partition coefficient (Wildman–Crippen LogP) is 2.77. The van der Waals surface area contributed by atoms with E-state index in [4.69, 9.17) is 10.5 Å². The van der Waals surface area contributed by atoms with E-state index in [-0.39, 0.29) is 23.9 Å². The lowest BCUT2D eigenvalue weighted by atomic mass is 9.85. The summed E-state index contributed by atoms with van der Waals surface area (Å²) in [5.41, 5.74) is 5.29. The van der Waals surface area contributed by atoms with Crippen LogP contribution in [0.4, 0.5) is 16.4 Å². The number of carbonyl (C=O) groups excluding carboxylic acids is 2. The zero-order valence-corrected chi connectivity index (χ0v) is 19.7. The minimum atomic E-state index is -0.686. The molecule has 33 heavy (non-hydrogen) atoms. The SMILES string of the molecule is Cc1cc(Nc2nn(C3(CC#N)CCN(C(=O)OC(C)(C)C)CC3)cc2C(N)=O)nc(C)n1. The summed E-state index contributed by atoms with van der Waals surface area (Å²) in [6, 6.07) is 3.97. The molecular formula is C22H30N8O3. The van der Waals surface area contributed by atoms with Gasteiger partial charge in [0.15, 0.2) is 5.82 Å². The number of ether oxygens (including phenoxy) is 1. The summed E-state index contributed by atoms with van der Waals surface area (Å²) in [5, 5.41) is 17.2. The van der Waals surface area contributed by atoms with Crippen molar-refractivity contribution < 1.29 is 14.3 Å². The molecule has 11 nitrogen and oxygen atoms in total. The first-order valence-electron chi connectivity index (χ1n) is 10.8. The molecule has 3 heterocycles. The number of nitrogens with one attached hydrogen (secondary N) is 1. The molecule has 3 rings (SSSR count). The summed E-state index contributed by atoms with van der Waals surface area (Å²) in [6.07, 6.45) is 2.30. The number of rotatable bonds is 5. The number of nitriles is 1. The molecule has 0 spiro atoms. The lowest BCUT2D eigenvalue weighted by Crippen LogP contribution is -2.49. The van der Waals surface area contributed by atoms with Crippen LogP contribution in [0, 0.1) is 25.2 Å². The van der Waals surface area contributed by atoms with E-state index in [9.17, 15) is 14.9 Å². The second-order valence-electron chi connectivity index (χ2n) is 9.29. The van der Waals surface area contributed by atoms with Crippen LogP contribution >= 0.6 is 0 Å². The number of carbonyl (C=O) groups is 2. The number of amides is 2. The van der Waals surface area contributed by atoms with Crippen LogP contribution in [0.2, 0.25) is 0 Å². The van der Waals surface area contributed by atoms with Crippen LogP contribution in [0.3, 0.4) is 0 Å². The molecule has 1 saturated heterocycles. The number of nitrogens with zero attached hydrogens (tertiary/aromatic N) is 6. The maximum atomic E-state index is 12.5. The van der Waals surface area contributed by atoms with Crippen molar-refractivity contribution in [3.05, 3.63) is 29.3 Å². The first-order valence-corrected chi connectivity index (χ1v) is 10.8. The van der Waals surface area contributed by atoms with Crippen LogP contribution in [0.5, 0.6) is 0 Å². The number of anilines is 2. The predicted molar refractivity (Wildman–Crippen MR) is 121 cm³/mol. The van der Waals surface area contributed by atoms with Crippen molar-refractivity contribution in [1.82, 2.24) is 24.6 Å². The molecule has 2 aromatic rings. The number of piperidine rings is 1. The lowest BCUT2D eigenvalue weighted by molar-refractivity contribution is 0.0105. The van der Waals surface area contributed by atoms with E-state index in [2.05, 4.69) is 26.5 Å². The Hall–Kier alpha value is -3.68. The first kappa shape index (κ1) is 24.0. The number of hydrogen-bond acceptors (Lipinski definition) is 8. The maximum absolute atomic E-state index is 12.5. The number of primary amides is 1. The molecule has 11 heteroatoms. The van der Waals surface area contributed by atoms with Crippen LogP contribution in [0.25, 0.3) is 0 Å². The van der Waals surface area contributed by atoms with Gasteiger partial charge in [-0.15, -0.1) is 0 Å². The minimum absolute atomic E-state index is 0.167. The number of aryl methyl sites for hydroxylation is 2. The molecule has 0 unspecified atom stereocenters. The van der Waals surface area contributed by atoms with E-state index in [0.717, 1.165) is 5.69 Å². The van der Waals surface area contributed by atoms with Crippen LogP contribution in [0.15, 0.2) is 12.3 Å². The van der Waals surface area contributed by atoms with Crippen LogP contribution in [-0.4, -0.2) is 55.3 Å². The van der Waals surface area contributed by atoms with Gasteiger partial charge in [-0.25, -0.2) is 14.8 Å². The Kier molecular flexibility index (Phi) is 6.58. The molecule has 0 aromatic carbocycles. The van der Waals surface area contributed by atoms with Crippen molar-refractivity contribution in [3.63, 3.8) is 0 Å². The third-order valence-corrected chi connectivity index (χ3v) is 5.43. The molecule has 3 N–H and O–H groups in total. The number of aromatic nitrogens is 4. The van der Waals surface area contributed by atoms with Gasteiger partial charge in [-0.2, -0.15) is 10.4 Å². The maximum Gasteiger partial charge on any atom is 0.410 e. The Bertz CT molecular complexity index is 1070. The Morgan fingerprint density at radius 3 is 2.48 bits per heavy atom. The summed E-state index contributed by atoms with van der Waals surface area (Å²) in [7, 11) is 0. The van der Waals surface area contributed by atoms with E-state index >= 15 is 0 Å². The van der Waals surface area contributed by atoms with Gasteiger partial charge >= 0.3 is 6.09 Å². The normalized spacial score (nSPS) is 15.6. The summed E-state index contributed by atoms with van der Waals surface area (Å²) in [6.45, 7) is 9.86. The van der Waals surface area contributed by atoms with Crippen molar-refractivity contribution in [2.75, 3.05) is 18.4 Å². The van der Waals surface area contributed by atoms with E-state index in [1.54, 1.807) is 28.8 Å². The van der Waals surface area contributed by atoms with Gasteiger partial charge in [0, 0.05) is 31.0 Å². The second-order valence-corrected chi connectivity index (χ2v) is 9.29. The summed E-state index contributed by atoms with van der Waals surface area (Å²) < 4.78 is 7.10. The molecule has 2 aromatic heterocycles. The van der Waals surface area contributed by atoms with Gasteiger partial charge < -0.3 is 20.7 Å². The van der Waals surface area contributed by atoms with Gasteiger partial charge in [0.1, 0.15) is 22.8 Å². The van der Waals surface area contributed by atoms with Gasteiger partial charge in [0.05, 0.1) is 18.0 Å². The quantitative estimate of drug-likeness (QED) is 0.699. The summed E-state index contributed by atoms with van der Waals surface area (Å²) in [4.78, 5) is 34.8. The monoisotopic (exact) mass is 454 g/mol. The molecule has 0 atom stereocenters. The number of nitrogens with two attached hydrogens (primary N) is 1. The Labute approximate surface area is 192 Å². The largest absolute Gasteiger partial charge is 0.444 e. The van der Waals surface area contributed by atoms with E-state index < -0.39 is 17.0 Å². The lowest BCUT2D eigenvalue weighted by Gasteiger charge is -2.40. The van der Waals surface area contributed by atoms with Crippen molar-refractivity contribution >= 4 is 23.6 Å². The zero-order valence-electron chi connectivity index (χ0n) is 19.7. The first-order chi connectivity index (χ1) is 15.4. The molecule has 0 radical (unpaired) electrons. The van der Waals surface area contributed by atoms with Gasteiger partial charge in [-0.1, -0.05) is 0 Å². The Morgan fingerprint density at radius 2 is 1.94 bits per heavy atom. The zero-order chi connectivity index (χ0) is 24.4. The van der Waals surface area contributed by atoms with Crippen molar-refractivity contribution in [3.8, 4) is 6.07 Å². The van der Waals surface area contributed by atoms with E-state index in [1.807, 2.05) is 27.7 Å². The fraction of sp³-hybridized carbons (Fsp3) is 0.545. The molecule has 0 saturated carbocycles. The molecular weight excluding hydrogens is 424 g/mol. The third-order valence-electron chi connectivity index (χ3n) is 5.43. The van der Waals surface area contributed by atoms with Gasteiger partial charge in [0.2, 0.25) is 0 Å². The fourth-order valence-electron chi connectivity index (χ4n) is 3.86. The topological polar surface area (TPSA) is 152 Å². The standard InChI is InChI=1S/C22H30N8O3/c1-14-12-17(26-15(2)25-14)27-19-16(18(24)31)13-30(28-19)22(6-9-23)7-10-29(11-8-22)20(32)33-21(3,4)5/h12-13H,6-8,10-11H2,1-5H3,(H2,24,31)(H,25,26,27,28). The summed E-state index contributed by atoms with van der Waals surface area (Å²) in [5.74, 6) is 0.672. The number of hydrogen-bond donors (Lipinski definition) is 2. The van der Waals surface area contributed by atoms with Gasteiger partial charge in [-0.3, -0.25) is 9.48 Å². The van der Waals surface area contributed by atoms with Crippen molar-refractivity contribution in [2.45, 2.75) is 65.0 Å². The smallest absolute Gasteiger partial charge is 0.410 e. The molecule has 0 bridgehead atoms. The molecule has 1 aliphatic rings. The average Bonchev–Trinajstić information content (AvgIpc) is 3.11. The van der Waals surface area contributed by atoms with Crippen LogP contribution in [0.1, 0.15) is 61.9 Å². The molecule has 1 fully saturated rings. The molecule has 0 aliphatic carbocycles. The highest BCUT2D eigenvalue weighted by molar-refractivity contribution is 5.98. The fourth-order valence-corrected chi connectivity index (χ4v) is 3.86. The molecule has 176 valence electrons. The highest BCUT2D eigenvalue weighted by Crippen LogP contribution is 2.35. The minimum Gasteiger partial charge on any atom is -0.444 e. The average molecular weight is 455 g/mol. The van der Waals surface area contributed by atoms with E-state index in [0.29, 0.717) is 37.6 Å². The van der Waals surface area contributed by atoms with Gasteiger partial charge in [-0.05, 0) is 47.5 Å². The van der Waals surface area contributed by atoms with Crippen LogP contribution < -0.4 is 11.1 Å². The van der Waals surface area contributed by atoms with Crippen molar-refractivity contribution in [2.24, 2.45) is 5.73 Å². The number of likely N-dealkylation sites (tertiary alicyclic amines) is 1. The Balaban J connectivity index is 1.88. The summed E-state index contributed by atoms with van der Waals surface area (Å²) >= 11 is 0. The van der Waals surface area contributed by atoms with Crippen LogP contribution in [-0.2, 0) is 10.3 Å². The van der Waals surface area contributed by atoms with E-state index in [1.165, 1.54) is 0 Å². The van der Waals surface area contributed by atoms with Gasteiger partial charge in [0.25, 0.3) is 5.91 Å². The molecule has 1 aliphatic heterocycles.